The second kappa shape index (κ2) is 9.76. The molecule has 0 aromatic rings. The first-order valence-corrected chi connectivity index (χ1v) is 9.11. The largest absolute Gasteiger partial charge is 0.461 e. The highest BCUT2D eigenvalue weighted by Gasteiger charge is 2.24. The lowest BCUT2D eigenvalue weighted by atomic mass is 9.95. The van der Waals surface area contributed by atoms with Gasteiger partial charge >= 0.3 is 5.97 Å². The molecule has 2 unspecified atom stereocenters. The molecule has 0 fully saturated rings. The van der Waals surface area contributed by atoms with Crippen LogP contribution in [0.1, 0.15) is 60.3 Å². The zero-order valence-electron chi connectivity index (χ0n) is 16.6. The molecule has 2 rings (SSSR count). The van der Waals surface area contributed by atoms with Crippen molar-refractivity contribution < 1.29 is 14.6 Å². The molecular weight excluding hydrogens is 312 g/mol. The molecule has 3 nitrogen and oxygen atoms in total. The smallest absolute Gasteiger partial charge is 0.302 e. The molecule has 3 heteroatoms. The summed E-state index contributed by atoms with van der Waals surface area (Å²) in [6, 6.07) is 0. The fourth-order valence-electron chi connectivity index (χ4n) is 3.72. The van der Waals surface area contributed by atoms with Crippen LogP contribution in [-0.4, -0.2) is 24.3 Å². The molecule has 0 aromatic carbocycles. The zero-order valence-corrected chi connectivity index (χ0v) is 16.6. The number of hydrogen-bond acceptors (Lipinski definition) is 3. The summed E-state index contributed by atoms with van der Waals surface area (Å²) in [4.78, 5) is 10.7. The number of hydrogen-bond donors (Lipinski definition) is 1. The van der Waals surface area contributed by atoms with E-state index in [0.717, 1.165) is 25.7 Å². The minimum Gasteiger partial charge on any atom is -0.461 e. The molecule has 2 aliphatic carbocycles. The van der Waals surface area contributed by atoms with Gasteiger partial charge in [0.2, 0.25) is 0 Å². The van der Waals surface area contributed by atoms with E-state index in [1.807, 2.05) is 13.8 Å². The molecule has 0 aliphatic heterocycles. The average Bonchev–Trinajstić information content (AvgIpc) is 3.08. The van der Waals surface area contributed by atoms with Crippen molar-refractivity contribution in [3.63, 3.8) is 0 Å². The van der Waals surface area contributed by atoms with Gasteiger partial charge in [0.05, 0.1) is 6.61 Å². The Bertz CT molecular complexity index is 592. The molecule has 25 heavy (non-hydrogen) atoms. The standard InChI is InChI=1S/C12H18O2.C10H16O/c1-8(2)11-6-5-9(3)12(11)7-14-10(4)13;1-7(2)9-5-4-8(3)10(9)6-11/h11H,1,5-7H2,2-4H3;9,11H,1,4-6H2,2-3H3. The summed E-state index contributed by atoms with van der Waals surface area (Å²) in [6.07, 6.45) is 4.51. The van der Waals surface area contributed by atoms with Crippen molar-refractivity contribution in [1.29, 1.82) is 0 Å². The van der Waals surface area contributed by atoms with Crippen molar-refractivity contribution in [2.75, 3.05) is 13.2 Å². The number of carbonyl (C=O) groups excluding carboxylic acids is 1. The van der Waals surface area contributed by atoms with Crippen LogP contribution in [0.15, 0.2) is 46.6 Å². The summed E-state index contributed by atoms with van der Waals surface area (Å²) in [5.74, 6) is 0.673. The zero-order chi connectivity index (χ0) is 19.1. The van der Waals surface area contributed by atoms with E-state index in [4.69, 9.17) is 9.84 Å². The lowest BCUT2D eigenvalue weighted by Gasteiger charge is -2.15. The van der Waals surface area contributed by atoms with Gasteiger partial charge in [0, 0.05) is 18.8 Å². The fraction of sp³-hybridized carbons (Fsp3) is 0.591. The summed E-state index contributed by atoms with van der Waals surface area (Å²) in [5.41, 5.74) is 7.54. The van der Waals surface area contributed by atoms with E-state index >= 15 is 0 Å². The van der Waals surface area contributed by atoms with E-state index < -0.39 is 0 Å². The van der Waals surface area contributed by atoms with Crippen LogP contribution in [0.5, 0.6) is 0 Å². The van der Waals surface area contributed by atoms with Gasteiger partial charge in [-0.15, -0.1) is 0 Å². The van der Waals surface area contributed by atoms with Crippen LogP contribution >= 0.6 is 0 Å². The summed E-state index contributed by atoms with van der Waals surface area (Å²) in [7, 11) is 0. The molecule has 0 spiro atoms. The molecular formula is C22H34O3. The Morgan fingerprint density at radius 3 is 1.80 bits per heavy atom. The first-order chi connectivity index (χ1) is 11.7. The number of carbonyl (C=O) groups is 1. The summed E-state index contributed by atoms with van der Waals surface area (Å²) < 4.78 is 5.04. The SMILES string of the molecule is C=C(C)C1CCC(C)=C1CO.C=C(C)C1CCC(C)=C1COC(C)=O. The number of rotatable bonds is 5. The van der Waals surface area contributed by atoms with E-state index in [-0.39, 0.29) is 12.6 Å². The lowest BCUT2D eigenvalue weighted by Crippen LogP contribution is -2.10. The second-order valence-electron chi connectivity index (χ2n) is 7.42. The highest BCUT2D eigenvalue weighted by atomic mass is 16.5. The van der Waals surface area contributed by atoms with Crippen LogP contribution in [0, 0.1) is 11.8 Å². The fourth-order valence-corrected chi connectivity index (χ4v) is 3.72. The molecule has 2 atom stereocenters. The van der Waals surface area contributed by atoms with Crippen LogP contribution in [0.2, 0.25) is 0 Å². The topological polar surface area (TPSA) is 46.5 Å². The van der Waals surface area contributed by atoms with Crippen molar-refractivity contribution in [3.8, 4) is 0 Å². The van der Waals surface area contributed by atoms with Gasteiger partial charge in [0.1, 0.15) is 6.61 Å². The van der Waals surface area contributed by atoms with E-state index in [1.54, 1.807) is 0 Å². The van der Waals surface area contributed by atoms with Crippen LogP contribution in [-0.2, 0) is 9.53 Å². The van der Waals surface area contributed by atoms with Gasteiger partial charge in [-0.3, -0.25) is 4.79 Å². The molecule has 0 saturated carbocycles. The van der Waals surface area contributed by atoms with Gasteiger partial charge < -0.3 is 9.84 Å². The summed E-state index contributed by atoms with van der Waals surface area (Å²) in [6.45, 7) is 18.3. The van der Waals surface area contributed by atoms with E-state index in [0.29, 0.717) is 18.4 Å². The maximum Gasteiger partial charge on any atom is 0.302 e. The van der Waals surface area contributed by atoms with Gasteiger partial charge in [-0.05, 0) is 64.5 Å². The van der Waals surface area contributed by atoms with Crippen molar-refractivity contribution in [2.24, 2.45) is 11.8 Å². The Morgan fingerprint density at radius 2 is 1.44 bits per heavy atom. The third-order valence-electron chi connectivity index (χ3n) is 5.34. The van der Waals surface area contributed by atoms with Crippen LogP contribution < -0.4 is 0 Å². The van der Waals surface area contributed by atoms with E-state index in [2.05, 4.69) is 27.0 Å². The Hall–Kier alpha value is -1.61. The van der Waals surface area contributed by atoms with Crippen molar-refractivity contribution in [1.82, 2.24) is 0 Å². The number of esters is 1. The van der Waals surface area contributed by atoms with Gasteiger partial charge in [-0.25, -0.2) is 0 Å². The van der Waals surface area contributed by atoms with Gasteiger partial charge in [0.25, 0.3) is 0 Å². The number of ether oxygens (including phenoxy) is 1. The molecule has 0 bridgehead atoms. The first-order valence-electron chi connectivity index (χ1n) is 9.11. The molecule has 2 aliphatic rings. The van der Waals surface area contributed by atoms with Crippen molar-refractivity contribution >= 4 is 5.97 Å². The molecule has 0 radical (unpaired) electrons. The summed E-state index contributed by atoms with van der Waals surface area (Å²) in [5, 5.41) is 9.06. The minimum absolute atomic E-state index is 0.210. The van der Waals surface area contributed by atoms with Crippen LogP contribution in [0.25, 0.3) is 0 Å². The number of aliphatic hydroxyl groups excluding tert-OH is 1. The van der Waals surface area contributed by atoms with E-state index in [1.165, 1.54) is 40.4 Å². The Kier molecular flexibility index (Phi) is 8.37. The van der Waals surface area contributed by atoms with E-state index in [9.17, 15) is 4.79 Å². The monoisotopic (exact) mass is 346 g/mol. The van der Waals surface area contributed by atoms with Gasteiger partial charge in [-0.2, -0.15) is 0 Å². The molecule has 0 aromatic heterocycles. The summed E-state index contributed by atoms with van der Waals surface area (Å²) >= 11 is 0. The van der Waals surface area contributed by atoms with Crippen molar-refractivity contribution in [3.05, 3.63) is 46.6 Å². The van der Waals surface area contributed by atoms with Crippen LogP contribution in [0.3, 0.4) is 0 Å². The number of allylic oxidation sites excluding steroid dienone is 4. The molecule has 140 valence electrons. The van der Waals surface area contributed by atoms with Gasteiger partial charge in [0.15, 0.2) is 0 Å². The maximum atomic E-state index is 10.7. The third kappa shape index (κ3) is 6.00. The lowest BCUT2D eigenvalue weighted by molar-refractivity contribution is -0.140. The Labute approximate surface area is 153 Å². The predicted molar refractivity (Wildman–Crippen MR) is 104 cm³/mol. The predicted octanol–water partition coefficient (Wildman–Crippen LogP) is 5.13. The first kappa shape index (κ1) is 21.4. The average molecular weight is 347 g/mol. The Morgan fingerprint density at radius 1 is 1.00 bits per heavy atom. The highest BCUT2D eigenvalue weighted by molar-refractivity contribution is 5.66. The molecule has 1 N–H and O–H groups in total. The molecule has 0 saturated heterocycles. The number of aliphatic hydroxyl groups is 1. The van der Waals surface area contributed by atoms with Crippen molar-refractivity contribution in [2.45, 2.75) is 60.3 Å². The quantitative estimate of drug-likeness (QED) is 0.554. The minimum atomic E-state index is -0.210. The third-order valence-corrected chi connectivity index (χ3v) is 5.34. The second-order valence-corrected chi connectivity index (χ2v) is 7.42. The normalized spacial score (nSPS) is 22.6. The molecule has 0 heterocycles. The van der Waals surface area contributed by atoms with Crippen LogP contribution in [0.4, 0.5) is 0 Å². The maximum absolute atomic E-state index is 10.7. The Balaban J connectivity index is 0.000000257. The van der Waals surface area contributed by atoms with Gasteiger partial charge in [-0.1, -0.05) is 35.5 Å². The highest BCUT2D eigenvalue weighted by Crippen LogP contribution is 2.36. The molecule has 0 amide bonds.